The molecular formula is C9H16N4. The Morgan fingerprint density at radius 2 is 2.31 bits per heavy atom. The molecule has 0 radical (unpaired) electrons. The van der Waals surface area contributed by atoms with Crippen LogP contribution in [0.2, 0.25) is 0 Å². The van der Waals surface area contributed by atoms with Gasteiger partial charge in [-0.15, -0.1) is 0 Å². The summed E-state index contributed by atoms with van der Waals surface area (Å²) in [6, 6.07) is 0. The van der Waals surface area contributed by atoms with Crippen molar-refractivity contribution >= 4 is 0 Å². The first-order chi connectivity index (χ1) is 6.24. The van der Waals surface area contributed by atoms with Gasteiger partial charge in [0.05, 0.1) is 0 Å². The van der Waals surface area contributed by atoms with Crippen molar-refractivity contribution in [1.29, 1.82) is 0 Å². The summed E-state index contributed by atoms with van der Waals surface area (Å²) in [6.45, 7) is 2.86. The Morgan fingerprint density at radius 3 is 2.85 bits per heavy atom. The van der Waals surface area contributed by atoms with Gasteiger partial charge in [0.25, 0.3) is 0 Å². The summed E-state index contributed by atoms with van der Waals surface area (Å²) in [5, 5.41) is 7.18. The van der Waals surface area contributed by atoms with E-state index in [1.165, 1.54) is 19.3 Å². The average molecular weight is 180 g/mol. The zero-order chi connectivity index (χ0) is 9.31. The minimum Gasteiger partial charge on any atom is -0.330 e. The molecule has 0 spiro atoms. The molecule has 4 heteroatoms. The fourth-order valence-electron chi connectivity index (χ4n) is 1.74. The van der Waals surface area contributed by atoms with Crippen LogP contribution in [0.1, 0.15) is 37.8 Å². The molecule has 0 amide bonds. The van der Waals surface area contributed by atoms with Crippen molar-refractivity contribution in [2.75, 3.05) is 6.54 Å². The Bertz CT molecular complexity index is 288. The molecule has 1 aromatic rings. The van der Waals surface area contributed by atoms with Gasteiger partial charge < -0.3 is 5.73 Å². The molecule has 0 saturated heterocycles. The molecule has 1 fully saturated rings. The van der Waals surface area contributed by atoms with Crippen molar-refractivity contribution in [2.45, 2.75) is 38.0 Å². The molecule has 2 rings (SSSR count). The van der Waals surface area contributed by atoms with Crippen LogP contribution in [0.5, 0.6) is 0 Å². The summed E-state index contributed by atoms with van der Waals surface area (Å²) in [5.41, 5.74) is 5.68. The van der Waals surface area contributed by atoms with Gasteiger partial charge in [-0.2, -0.15) is 5.10 Å². The summed E-state index contributed by atoms with van der Waals surface area (Å²) in [5.74, 6) is 1.90. The van der Waals surface area contributed by atoms with Gasteiger partial charge in [-0.3, -0.25) is 5.10 Å². The van der Waals surface area contributed by atoms with Crippen LogP contribution in [0, 0.1) is 0 Å². The first kappa shape index (κ1) is 8.69. The van der Waals surface area contributed by atoms with Gasteiger partial charge in [0.15, 0.2) is 5.82 Å². The van der Waals surface area contributed by atoms with Crippen LogP contribution in [-0.4, -0.2) is 21.7 Å². The fraction of sp³-hybridized carbons (Fsp3) is 0.778. The standard InChI is InChI=1S/C9H16N4/c1-9(4-2-5-9)8-11-7(3-6-10)12-13-8/h2-6,10H2,1H3,(H,11,12,13). The molecule has 1 aliphatic carbocycles. The number of aromatic amines is 1. The second-order valence-corrected chi connectivity index (χ2v) is 4.06. The monoisotopic (exact) mass is 180 g/mol. The lowest BCUT2D eigenvalue weighted by molar-refractivity contribution is 0.257. The van der Waals surface area contributed by atoms with E-state index in [0.717, 1.165) is 18.1 Å². The molecule has 1 aromatic heterocycles. The van der Waals surface area contributed by atoms with E-state index in [2.05, 4.69) is 22.1 Å². The maximum atomic E-state index is 5.44. The Balaban J connectivity index is 2.12. The molecule has 1 heterocycles. The van der Waals surface area contributed by atoms with Crippen LogP contribution in [-0.2, 0) is 11.8 Å². The van der Waals surface area contributed by atoms with E-state index in [1.54, 1.807) is 0 Å². The van der Waals surface area contributed by atoms with Crippen LogP contribution in [0.4, 0.5) is 0 Å². The SMILES string of the molecule is CC1(c2n[nH]c(CCN)n2)CCC1. The Morgan fingerprint density at radius 1 is 1.54 bits per heavy atom. The minimum absolute atomic E-state index is 0.239. The van der Waals surface area contributed by atoms with E-state index in [9.17, 15) is 0 Å². The highest BCUT2D eigenvalue weighted by Crippen LogP contribution is 2.41. The highest BCUT2D eigenvalue weighted by atomic mass is 15.2. The van der Waals surface area contributed by atoms with E-state index in [4.69, 9.17) is 5.73 Å². The Hall–Kier alpha value is -0.900. The van der Waals surface area contributed by atoms with Crippen molar-refractivity contribution in [3.05, 3.63) is 11.6 Å². The predicted octanol–water partition coefficient (Wildman–Crippen LogP) is 0.747. The zero-order valence-corrected chi connectivity index (χ0v) is 8.01. The smallest absolute Gasteiger partial charge is 0.156 e. The van der Waals surface area contributed by atoms with Gasteiger partial charge >= 0.3 is 0 Å². The van der Waals surface area contributed by atoms with Crippen LogP contribution in [0.25, 0.3) is 0 Å². The van der Waals surface area contributed by atoms with Gasteiger partial charge in [-0.05, 0) is 19.4 Å². The normalized spacial score (nSPS) is 19.8. The van der Waals surface area contributed by atoms with Crippen LogP contribution in [0.3, 0.4) is 0 Å². The maximum Gasteiger partial charge on any atom is 0.156 e. The van der Waals surface area contributed by atoms with Gasteiger partial charge in [0, 0.05) is 11.8 Å². The summed E-state index contributed by atoms with van der Waals surface area (Å²) in [6.07, 6.45) is 4.53. The first-order valence-electron chi connectivity index (χ1n) is 4.86. The molecule has 4 nitrogen and oxygen atoms in total. The summed E-state index contributed by atoms with van der Waals surface area (Å²) < 4.78 is 0. The zero-order valence-electron chi connectivity index (χ0n) is 8.01. The molecule has 0 bridgehead atoms. The lowest BCUT2D eigenvalue weighted by Gasteiger charge is -2.35. The molecule has 0 atom stereocenters. The van der Waals surface area contributed by atoms with Crippen LogP contribution in [0.15, 0.2) is 0 Å². The number of H-pyrrole nitrogens is 1. The third-order valence-corrected chi connectivity index (χ3v) is 2.91. The number of hydrogen-bond acceptors (Lipinski definition) is 3. The van der Waals surface area contributed by atoms with Crippen LogP contribution < -0.4 is 5.73 Å². The Labute approximate surface area is 77.9 Å². The summed E-state index contributed by atoms with van der Waals surface area (Å²) in [7, 11) is 0. The molecular weight excluding hydrogens is 164 g/mol. The minimum atomic E-state index is 0.239. The first-order valence-corrected chi connectivity index (χ1v) is 4.86. The highest BCUT2D eigenvalue weighted by Gasteiger charge is 2.37. The molecule has 3 N–H and O–H groups in total. The molecule has 13 heavy (non-hydrogen) atoms. The van der Waals surface area contributed by atoms with E-state index >= 15 is 0 Å². The molecule has 0 aliphatic heterocycles. The number of hydrogen-bond donors (Lipinski definition) is 2. The van der Waals surface area contributed by atoms with Crippen LogP contribution >= 0.6 is 0 Å². The third kappa shape index (κ3) is 1.46. The van der Waals surface area contributed by atoms with Crippen molar-refractivity contribution in [3.8, 4) is 0 Å². The maximum absolute atomic E-state index is 5.44. The quantitative estimate of drug-likeness (QED) is 0.721. The van der Waals surface area contributed by atoms with Crippen molar-refractivity contribution in [2.24, 2.45) is 5.73 Å². The van der Waals surface area contributed by atoms with E-state index in [0.29, 0.717) is 6.54 Å². The molecule has 1 saturated carbocycles. The second kappa shape index (κ2) is 3.10. The van der Waals surface area contributed by atoms with E-state index in [1.807, 2.05) is 0 Å². The number of nitrogens with two attached hydrogens (primary N) is 1. The topological polar surface area (TPSA) is 67.6 Å². The largest absolute Gasteiger partial charge is 0.330 e. The number of rotatable bonds is 3. The van der Waals surface area contributed by atoms with Crippen molar-refractivity contribution in [3.63, 3.8) is 0 Å². The number of nitrogens with one attached hydrogen (secondary N) is 1. The number of aromatic nitrogens is 3. The predicted molar refractivity (Wildman–Crippen MR) is 50.3 cm³/mol. The molecule has 72 valence electrons. The lowest BCUT2D eigenvalue weighted by Crippen LogP contribution is -2.31. The summed E-state index contributed by atoms with van der Waals surface area (Å²) in [4.78, 5) is 4.45. The third-order valence-electron chi connectivity index (χ3n) is 2.91. The van der Waals surface area contributed by atoms with E-state index in [-0.39, 0.29) is 5.41 Å². The average Bonchev–Trinajstić information content (AvgIpc) is 2.50. The van der Waals surface area contributed by atoms with Crippen molar-refractivity contribution in [1.82, 2.24) is 15.2 Å². The van der Waals surface area contributed by atoms with E-state index < -0.39 is 0 Å². The molecule has 0 aromatic carbocycles. The second-order valence-electron chi connectivity index (χ2n) is 4.06. The van der Waals surface area contributed by atoms with Crippen molar-refractivity contribution < 1.29 is 0 Å². The molecule has 1 aliphatic rings. The van der Waals surface area contributed by atoms with Gasteiger partial charge in [-0.25, -0.2) is 4.98 Å². The molecule has 0 unspecified atom stereocenters. The lowest BCUT2D eigenvalue weighted by atomic mass is 9.70. The summed E-state index contributed by atoms with van der Waals surface area (Å²) >= 11 is 0. The van der Waals surface area contributed by atoms with Gasteiger partial charge in [0.1, 0.15) is 5.82 Å². The highest BCUT2D eigenvalue weighted by molar-refractivity contribution is 5.10. The fourth-order valence-corrected chi connectivity index (χ4v) is 1.74. The Kier molecular flexibility index (Phi) is 2.07. The number of nitrogens with zero attached hydrogens (tertiary/aromatic N) is 2. The van der Waals surface area contributed by atoms with Gasteiger partial charge in [-0.1, -0.05) is 13.3 Å². The van der Waals surface area contributed by atoms with Gasteiger partial charge in [0.2, 0.25) is 0 Å².